The third kappa shape index (κ3) is 4.13. The molecule has 2 rings (SSSR count). The van der Waals surface area contributed by atoms with Crippen LogP contribution in [0.5, 0.6) is 0 Å². The van der Waals surface area contributed by atoms with Gasteiger partial charge < -0.3 is 16.0 Å². The maximum absolute atomic E-state index is 12.3. The number of anilines is 1. The number of carbonyl (C=O) groups is 2. The molecule has 0 spiro atoms. The summed E-state index contributed by atoms with van der Waals surface area (Å²) >= 11 is 0. The summed E-state index contributed by atoms with van der Waals surface area (Å²) in [6.45, 7) is 4.49. The molecule has 0 fully saturated rings. The van der Waals surface area contributed by atoms with Gasteiger partial charge in [-0.2, -0.15) is 0 Å². The van der Waals surface area contributed by atoms with Gasteiger partial charge >= 0.3 is 0 Å². The molecule has 0 aliphatic rings. The predicted octanol–water partition coefficient (Wildman–Crippen LogP) is 2.47. The first-order valence-corrected chi connectivity index (χ1v) is 7.82. The van der Waals surface area contributed by atoms with Crippen molar-refractivity contribution in [3.05, 3.63) is 64.7 Å². The molecule has 0 atom stereocenters. The number of nitrogens with zero attached hydrogens (tertiary/aromatic N) is 1. The van der Waals surface area contributed by atoms with Crippen LogP contribution in [-0.2, 0) is 11.3 Å². The molecule has 0 bridgehead atoms. The highest BCUT2D eigenvalue weighted by Crippen LogP contribution is 2.19. The molecule has 0 heterocycles. The highest BCUT2D eigenvalue weighted by molar-refractivity contribution is 6.00. The summed E-state index contributed by atoms with van der Waals surface area (Å²) in [6, 6.07) is 13.4. The van der Waals surface area contributed by atoms with E-state index in [-0.39, 0.29) is 12.5 Å². The van der Waals surface area contributed by atoms with E-state index in [2.05, 4.69) is 5.32 Å². The van der Waals surface area contributed by atoms with Crippen molar-refractivity contribution in [1.29, 1.82) is 0 Å². The van der Waals surface area contributed by atoms with Crippen LogP contribution < -0.4 is 11.1 Å². The summed E-state index contributed by atoms with van der Waals surface area (Å²) in [5.74, 6) is -0.563. The van der Waals surface area contributed by atoms with Crippen molar-refractivity contribution in [3.8, 4) is 0 Å². The minimum Gasteiger partial charge on any atom is -0.375 e. The number of benzene rings is 2. The first kappa shape index (κ1) is 17.5. The lowest BCUT2D eigenvalue weighted by Crippen LogP contribution is -2.32. The zero-order chi connectivity index (χ0) is 17.7. The van der Waals surface area contributed by atoms with Crippen molar-refractivity contribution >= 4 is 17.5 Å². The van der Waals surface area contributed by atoms with Gasteiger partial charge in [-0.1, -0.05) is 36.4 Å². The number of likely N-dealkylation sites (N-methyl/N-ethyl adjacent to an activating group) is 1. The Morgan fingerprint density at radius 1 is 1.04 bits per heavy atom. The van der Waals surface area contributed by atoms with E-state index >= 15 is 0 Å². The standard InChI is InChI=1S/C19H23N3O2/c1-13-7-4-5-9-15(13)12-22(3)17(23)11-21-16-10-6-8-14(2)18(16)19(20)24/h4-10,21H,11-12H2,1-3H3,(H2,20,24). The smallest absolute Gasteiger partial charge is 0.251 e. The summed E-state index contributed by atoms with van der Waals surface area (Å²) in [6.07, 6.45) is 0. The number of hydrogen-bond acceptors (Lipinski definition) is 3. The van der Waals surface area contributed by atoms with Gasteiger partial charge in [-0.05, 0) is 36.6 Å². The first-order valence-electron chi connectivity index (χ1n) is 7.82. The lowest BCUT2D eigenvalue weighted by molar-refractivity contribution is -0.128. The highest BCUT2D eigenvalue weighted by atomic mass is 16.2. The van der Waals surface area contributed by atoms with Crippen LogP contribution >= 0.6 is 0 Å². The van der Waals surface area contributed by atoms with Crippen molar-refractivity contribution in [3.63, 3.8) is 0 Å². The van der Waals surface area contributed by atoms with Crippen molar-refractivity contribution in [2.45, 2.75) is 20.4 Å². The summed E-state index contributed by atoms with van der Waals surface area (Å²) < 4.78 is 0. The van der Waals surface area contributed by atoms with Gasteiger partial charge in [0.2, 0.25) is 5.91 Å². The average Bonchev–Trinajstić information content (AvgIpc) is 2.54. The van der Waals surface area contributed by atoms with E-state index in [0.717, 1.165) is 16.7 Å². The largest absolute Gasteiger partial charge is 0.375 e. The molecule has 0 aliphatic heterocycles. The third-order valence-electron chi connectivity index (χ3n) is 4.04. The Morgan fingerprint density at radius 2 is 1.71 bits per heavy atom. The number of nitrogens with one attached hydrogen (secondary N) is 1. The van der Waals surface area contributed by atoms with E-state index in [0.29, 0.717) is 17.8 Å². The number of nitrogens with two attached hydrogens (primary N) is 1. The minimum absolute atomic E-state index is 0.0600. The molecule has 0 aromatic heterocycles. The molecule has 2 amide bonds. The van der Waals surface area contributed by atoms with Gasteiger partial charge in [0, 0.05) is 19.3 Å². The SMILES string of the molecule is Cc1ccccc1CN(C)C(=O)CNc1cccc(C)c1C(N)=O. The molecule has 5 heteroatoms. The molecular weight excluding hydrogens is 302 g/mol. The fourth-order valence-electron chi connectivity index (χ4n) is 2.58. The maximum atomic E-state index is 12.3. The molecule has 126 valence electrons. The molecule has 0 saturated carbocycles. The van der Waals surface area contributed by atoms with E-state index in [4.69, 9.17) is 5.73 Å². The van der Waals surface area contributed by atoms with Gasteiger partial charge in [-0.15, -0.1) is 0 Å². The van der Waals surface area contributed by atoms with Crippen LogP contribution in [0.1, 0.15) is 27.0 Å². The van der Waals surface area contributed by atoms with E-state index in [1.54, 1.807) is 18.0 Å². The molecule has 2 aromatic carbocycles. The lowest BCUT2D eigenvalue weighted by atomic mass is 10.1. The van der Waals surface area contributed by atoms with Crippen LogP contribution in [0, 0.1) is 13.8 Å². The Balaban J connectivity index is 2.02. The molecular formula is C19H23N3O2. The van der Waals surface area contributed by atoms with E-state index in [1.807, 2.05) is 50.2 Å². The number of amides is 2. The van der Waals surface area contributed by atoms with Gasteiger partial charge in [0.1, 0.15) is 0 Å². The molecule has 0 radical (unpaired) electrons. The second-order valence-electron chi connectivity index (χ2n) is 5.89. The van der Waals surface area contributed by atoms with Gasteiger partial charge in [0.25, 0.3) is 5.91 Å². The highest BCUT2D eigenvalue weighted by Gasteiger charge is 2.14. The van der Waals surface area contributed by atoms with Crippen molar-refractivity contribution in [1.82, 2.24) is 4.90 Å². The van der Waals surface area contributed by atoms with Crippen LogP contribution in [0.15, 0.2) is 42.5 Å². The second-order valence-corrected chi connectivity index (χ2v) is 5.89. The van der Waals surface area contributed by atoms with Crippen LogP contribution in [0.25, 0.3) is 0 Å². The fraction of sp³-hybridized carbons (Fsp3) is 0.263. The summed E-state index contributed by atoms with van der Waals surface area (Å²) in [7, 11) is 1.77. The van der Waals surface area contributed by atoms with Crippen molar-refractivity contribution in [2.24, 2.45) is 5.73 Å². The van der Waals surface area contributed by atoms with Crippen molar-refractivity contribution < 1.29 is 9.59 Å². The van der Waals surface area contributed by atoms with Gasteiger partial charge in [0.05, 0.1) is 12.1 Å². The quantitative estimate of drug-likeness (QED) is 0.857. The monoisotopic (exact) mass is 325 g/mol. The molecule has 2 aromatic rings. The lowest BCUT2D eigenvalue weighted by Gasteiger charge is -2.20. The van der Waals surface area contributed by atoms with Gasteiger partial charge in [0.15, 0.2) is 0 Å². The normalized spacial score (nSPS) is 10.3. The van der Waals surface area contributed by atoms with Crippen LogP contribution in [0.2, 0.25) is 0 Å². The number of hydrogen-bond donors (Lipinski definition) is 2. The van der Waals surface area contributed by atoms with Crippen LogP contribution in [0.4, 0.5) is 5.69 Å². The summed E-state index contributed by atoms with van der Waals surface area (Å²) in [4.78, 5) is 25.6. The summed E-state index contributed by atoms with van der Waals surface area (Å²) in [5.41, 5.74) is 9.48. The molecule has 5 nitrogen and oxygen atoms in total. The molecule has 0 saturated heterocycles. The van der Waals surface area contributed by atoms with Crippen molar-refractivity contribution in [2.75, 3.05) is 18.9 Å². The summed E-state index contributed by atoms with van der Waals surface area (Å²) in [5, 5.41) is 3.02. The second kappa shape index (κ2) is 7.64. The first-order chi connectivity index (χ1) is 11.4. The molecule has 0 unspecified atom stereocenters. The Labute approximate surface area is 142 Å². The zero-order valence-corrected chi connectivity index (χ0v) is 14.3. The molecule has 3 N–H and O–H groups in total. The van der Waals surface area contributed by atoms with Gasteiger partial charge in [-0.3, -0.25) is 9.59 Å². The Hall–Kier alpha value is -2.82. The van der Waals surface area contributed by atoms with Gasteiger partial charge in [-0.25, -0.2) is 0 Å². The van der Waals surface area contributed by atoms with Crippen LogP contribution in [-0.4, -0.2) is 30.3 Å². The van der Waals surface area contributed by atoms with E-state index in [9.17, 15) is 9.59 Å². The Bertz CT molecular complexity index is 756. The predicted molar refractivity (Wildman–Crippen MR) is 95.8 cm³/mol. The zero-order valence-electron chi connectivity index (χ0n) is 14.3. The Morgan fingerprint density at radius 3 is 2.38 bits per heavy atom. The number of aryl methyl sites for hydroxylation is 2. The molecule has 24 heavy (non-hydrogen) atoms. The number of primary amides is 1. The van der Waals surface area contributed by atoms with Crippen LogP contribution in [0.3, 0.4) is 0 Å². The maximum Gasteiger partial charge on any atom is 0.251 e. The Kier molecular flexibility index (Phi) is 5.58. The number of rotatable bonds is 6. The molecule has 0 aliphatic carbocycles. The average molecular weight is 325 g/mol. The van der Waals surface area contributed by atoms with E-state index in [1.165, 1.54) is 0 Å². The minimum atomic E-state index is -0.503. The fourth-order valence-corrected chi connectivity index (χ4v) is 2.58. The number of carbonyl (C=O) groups excluding carboxylic acids is 2. The van der Waals surface area contributed by atoms with E-state index < -0.39 is 5.91 Å². The third-order valence-corrected chi connectivity index (χ3v) is 4.04. The topological polar surface area (TPSA) is 75.4 Å².